The largest absolute Gasteiger partial charge is 0.354 e. The van der Waals surface area contributed by atoms with Gasteiger partial charge in [0.15, 0.2) is 0 Å². The smallest absolute Gasteiger partial charge is 0.253 e. The molecule has 8 nitrogen and oxygen atoms in total. The summed E-state index contributed by atoms with van der Waals surface area (Å²) >= 11 is 0. The van der Waals surface area contributed by atoms with Gasteiger partial charge in [0, 0.05) is 78.9 Å². The van der Waals surface area contributed by atoms with E-state index in [4.69, 9.17) is 0 Å². The third kappa shape index (κ3) is 4.96. The zero-order valence-corrected chi connectivity index (χ0v) is 22.8. The summed E-state index contributed by atoms with van der Waals surface area (Å²) < 4.78 is 2.22. The third-order valence-corrected chi connectivity index (χ3v) is 7.36. The molecule has 5 rings (SSSR count). The number of aromatic amines is 1. The number of H-pyrrole nitrogens is 1. The van der Waals surface area contributed by atoms with Crippen LogP contribution < -0.4 is 21.1 Å². The van der Waals surface area contributed by atoms with Crippen molar-refractivity contribution in [3.63, 3.8) is 0 Å². The Hall–Kier alpha value is -3.91. The number of carbonyl (C=O) groups is 1. The van der Waals surface area contributed by atoms with Gasteiger partial charge < -0.3 is 25.1 Å². The average molecular weight is 513 g/mol. The lowest BCUT2D eigenvalue weighted by Gasteiger charge is -2.28. The summed E-state index contributed by atoms with van der Waals surface area (Å²) in [6.07, 6.45) is 3.96. The van der Waals surface area contributed by atoms with E-state index in [0.29, 0.717) is 11.1 Å². The van der Waals surface area contributed by atoms with Crippen molar-refractivity contribution in [2.75, 3.05) is 31.1 Å². The van der Waals surface area contributed by atoms with Gasteiger partial charge in [0.05, 0.1) is 0 Å². The van der Waals surface area contributed by atoms with Crippen molar-refractivity contribution in [2.45, 2.75) is 47.2 Å². The Labute approximate surface area is 223 Å². The highest BCUT2D eigenvalue weighted by molar-refractivity contribution is 6.09. The monoisotopic (exact) mass is 512 g/mol. The topological polar surface area (TPSA) is 95.1 Å². The van der Waals surface area contributed by atoms with Crippen LogP contribution in [0.15, 0.2) is 47.5 Å². The number of pyridine rings is 2. The number of aromatic nitrogens is 3. The predicted molar refractivity (Wildman–Crippen MR) is 153 cm³/mol. The summed E-state index contributed by atoms with van der Waals surface area (Å²) in [5.74, 6) is 0.747. The number of rotatable bonds is 6. The van der Waals surface area contributed by atoms with Gasteiger partial charge in [-0.2, -0.15) is 0 Å². The Morgan fingerprint density at radius 3 is 2.53 bits per heavy atom. The summed E-state index contributed by atoms with van der Waals surface area (Å²) in [6.45, 7) is 14.0. The SMILES string of the molecule is Cc1cc(C)c(CNC(=O)c2cc(-c3ccnc(N4CCNCC4)c3)cc3c2c(C)cn3C(C)C)c(=O)[nH]1. The lowest BCUT2D eigenvalue weighted by atomic mass is 9.98. The van der Waals surface area contributed by atoms with E-state index >= 15 is 0 Å². The molecule has 38 heavy (non-hydrogen) atoms. The molecule has 0 atom stereocenters. The second kappa shape index (κ2) is 10.5. The van der Waals surface area contributed by atoms with Gasteiger partial charge in [-0.15, -0.1) is 0 Å². The van der Waals surface area contributed by atoms with Crippen molar-refractivity contribution in [2.24, 2.45) is 0 Å². The second-order valence-electron chi connectivity index (χ2n) is 10.5. The van der Waals surface area contributed by atoms with Gasteiger partial charge in [-0.05, 0) is 87.2 Å². The van der Waals surface area contributed by atoms with Crippen LogP contribution in [0.4, 0.5) is 5.82 Å². The molecule has 1 saturated heterocycles. The van der Waals surface area contributed by atoms with Crippen molar-refractivity contribution in [1.29, 1.82) is 0 Å². The quantitative estimate of drug-likeness (QED) is 0.359. The lowest BCUT2D eigenvalue weighted by molar-refractivity contribution is 0.0952. The molecule has 3 N–H and O–H groups in total. The normalized spacial score (nSPS) is 13.9. The second-order valence-corrected chi connectivity index (χ2v) is 10.5. The van der Waals surface area contributed by atoms with E-state index in [1.165, 1.54) is 0 Å². The molecule has 1 aliphatic rings. The molecule has 1 aliphatic heterocycles. The lowest BCUT2D eigenvalue weighted by Crippen LogP contribution is -2.43. The van der Waals surface area contributed by atoms with Crippen LogP contribution in [0.2, 0.25) is 0 Å². The van der Waals surface area contributed by atoms with Crippen LogP contribution in [-0.2, 0) is 6.54 Å². The number of hydrogen-bond donors (Lipinski definition) is 3. The molecule has 0 aliphatic carbocycles. The van der Waals surface area contributed by atoms with Crippen molar-refractivity contribution in [3.8, 4) is 11.1 Å². The van der Waals surface area contributed by atoms with Gasteiger partial charge in [0.2, 0.25) is 0 Å². The Balaban J connectivity index is 1.57. The van der Waals surface area contributed by atoms with Crippen LogP contribution in [0, 0.1) is 20.8 Å². The molecule has 198 valence electrons. The number of nitrogens with zero attached hydrogens (tertiary/aromatic N) is 3. The number of aryl methyl sites for hydroxylation is 3. The highest BCUT2D eigenvalue weighted by Crippen LogP contribution is 2.33. The number of nitrogens with one attached hydrogen (secondary N) is 3. The Morgan fingerprint density at radius 2 is 1.82 bits per heavy atom. The first-order chi connectivity index (χ1) is 18.2. The van der Waals surface area contributed by atoms with Crippen LogP contribution >= 0.6 is 0 Å². The number of fused-ring (bicyclic) bond motifs is 1. The maximum Gasteiger partial charge on any atom is 0.253 e. The number of carbonyl (C=O) groups excluding carboxylic acids is 1. The van der Waals surface area contributed by atoms with Gasteiger partial charge in [-0.3, -0.25) is 9.59 Å². The van der Waals surface area contributed by atoms with Gasteiger partial charge in [-0.25, -0.2) is 4.98 Å². The fourth-order valence-corrected chi connectivity index (χ4v) is 5.39. The number of hydrogen-bond acceptors (Lipinski definition) is 5. The number of anilines is 1. The van der Waals surface area contributed by atoms with Crippen LogP contribution in [0.25, 0.3) is 22.0 Å². The first-order valence-electron chi connectivity index (χ1n) is 13.3. The number of benzene rings is 1. The maximum atomic E-state index is 13.7. The van der Waals surface area contributed by atoms with E-state index in [-0.39, 0.29) is 24.1 Å². The molecule has 3 aromatic heterocycles. The van der Waals surface area contributed by atoms with Gasteiger partial charge in [0.1, 0.15) is 5.82 Å². The molecular weight excluding hydrogens is 476 g/mol. The van der Waals surface area contributed by atoms with E-state index in [1.807, 2.05) is 45.2 Å². The van der Waals surface area contributed by atoms with Crippen LogP contribution in [0.5, 0.6) is 0 Å². The summed E-state index contributed by atoms with van der Waals surface area (Å²) in [6, 6.07) is 10.4. The summed E-state index contributed by atoms with van der Waals surface area (Å²) in [7, 11) is 0. The first-order valence-corrected chi connectivity index (χ1v) is 13.3. The minimum Gasteiger partial charge on any atom is -0.354 e. The Morgan fingerprint density at radius 1 is 1.05 bits per heavy atom. The molecule has 0 spiro atoms. The summed E-state index contributed by atoms with van der Waals surface area (Å²) in [4.78, 5) is 36.0. The highest BCUT2D eigenvalue weighted by atomic mass is 16.1. The molecule has 4 aromatic rings. The van der Waals surface area contributed by atoms with E-state index in [0.717, 1.165) is 70.8 Å². The van der Waals surface area contributed by atoms with E-state index in [2.05, 4.69) is 62.2 Å². The standard InChI is InChI=1S/C30H36N6O2/c1-18(2)36-17-20(4)28-24(29(37)33-16-25-19(3)12-21(5)34-30(25)38)13-23(14-26(28)36)22-6-7-32-27(15-22)35-10-8-31-9-11-35/h6-7,12-15,17-18,31H,8-11,16H2,1-5H3,(H,33,37)(H,34,38). The molecule has 1 aromatic carbocycles. The number of amides is 1. The molecule has 0 radical (unpaired) electrons. The first kappa shape index (κ1) is 25.7. The molecule has 0 bridgehead atoms. The van der Waals surface area contributed by atoms with E-state index in [1.54, 1.807) is 0 Å². The molecular formula is C30H36N6O2. The van der Waals surface area contributed by atoms with Crippen molar-refractivity contribution in [3.05, 3.63) is 81.0 Å². The zero-order chi connectivity index (χ0) is 27.0. The van der Waals surface area contributed by atoms with Gasteiger partial charge in [0.25, 0.3) is 11.5 Å². The van der Waals surface area contributed by atoms with E-state index in [9.17, 15) is 9.59 Å². The van der Waals surface area contributed by atoms with Crippen LogP contribution in [-0.4, -0.2) is 46.6 Å². The van der Waals surface area contributed by atoms with Crippen LogP contribution in [0.3, 0.4) is 0 Å². The van der Waals surface area contributed by atoms with Crippen molar-refractivity contribution in [1.82, 2.24) is 25.2 Å². The summed E-state index contributed by atoms with van der Waals surface area (Å²) in [5.41, 5.74) is 6.73. The fraction of sp³-hybridized carbons (Fsp3) is 0.367. The molecule has 8 heteroatoms. The Kier molecular flexibility index (Phi) is 7.08. The van der Waals surface area contributed by atoms with Gasteiger partial charge >= 0.3 is 0 Å². The predicted octanol–water partition coefficient (Wildman–Crippen LogP) is 4.24. The third-order valence-electron chi connectivity index (χ3n) is 7.36. The molecule has 1 amide bonds. The minimum absolute atomic E-state index is 0.165. The minimum atomic E-state index is -0.197. The zero-order valence-electron chi connectivity index (χ0n) is 22.8. The maximum absolute atomic E-state index is 13.7. The fourth-order valence-electron chi connectivity index (χ4n) is 5.39. The van der Waals surface area contributed by atoms with Crippen LogP contribution in [0.1, 0.15) is 52.6 Å². The van der Waals surface area contributed by atoms with Gasteiger partial charge in [-0.1, -0.05) is 0 Å². The van der Waals surface area contributed by atoms with Crippen molar-refractivity contribution >= 4 is 22.6 Å². The molecule has 0 saturated carbocycles. The number of piperazine rings is 1. The molecule has 4 heterocycles. The Bertz CT molecular complexity index is 1560. The highest BCUT2D eigenvalue weighted by Gasteiger charge is 2.20. The summed E-state index contributed by atoms with van der Waals surface area (Å²) in [5, 5.41) is 7.34. The van der Waals surface area contributed by atoms with E-state index < -0.39 is 0 Å². The average Bonchev–Trinajstić information content (AvgIpc) is 3.24. The molecule has 0 unspecified atom stereocenters. The molecule has 1 fully saturated rings. The van der Waals surface area contributed by atoms with Crippen molar-refractivity contribution < 1.29 is 4.79 Å².